The summed E-state index contributed by atoms with van der Waals surface area (Å²) in [5.74, 6) is -0.712. The van der Waals surface area contributed by atoms with Gasteiger partial charge >= 0.3 is 0 Å². The van der Waals surface area contributed by atoms with E-state index in [1.54, 1.807) is 54.0 Å². The fraction of sp³-hybridized carbons (Fsp3) is 0.120. The van der Waals surface area contributed by atoms with E-state index in [0.29, 0.717) is 29.1 Å². The number of para-hydroxylation sites is 1. The highest BCUT2D eigenvalue weighted by Gasteiger charge is 2.18. The molecule has 156 valence electrons. The number of hydrogen-bond acceptors (Lipinski definition) is 2. The molecule has 0 saturated carbocycles. The number of carbonyl (C=O) groups excluding carboxylic acids is 2. The number of nitrogens with one attached hydrogen (secondary N) is 2. The van der Waals surface area contributed by atoms with Gasteiger partial charge in [0.1, 0.15) is 11.5 Å². The Balaban J connectivity index is 1.77. The molecule has 0 aliphatic rings. The summed E-state index contributed by atoms with van der Waals surface area (Å²) in [6, 6.07) is 22.9. The van der Waals surface area contributed by atoms with E-state index in [-0.39, 0.29) is 24.2 Å². The molecule has 0 atom stereocenters. The molecule has 3 aromatic carbocycles. The normalized spacial score (nSPS) is 10.8. The van der Waals surface area contributed by atoms with Crippen LogP contribution in [-0.2, 0) is 11.3 Å². The van der Waals surface area contributed by atoms with E-state index in [1.807, 2.05) is 30.3 Å². The maximum atomic E-state index is 14.3. The third kappa shape index (κ3) is 4.48. The minimum atomic E-state index is -0.328. The van der Waals surface area contributed by atoms with Crippen LogP contribution in [0.25, 0.3) is 10.9 Å². The molecule has 0 aliphatic heterocycles. The molecule has 0 saturated heterocycles. The zero-order valence-corrected chi connectivity index (χ0v) is 17.1. The smallest absolute Gasteiger partial charge is 0.272 e. The van der Waals surface area contributed by atoms with E-state index >= 15 is 0 Å². The third-order valence-corrected chi connectivity index (χ3v) is 5.06. The van der Waals surface area contributed by atoms with Gasteiger partial charge in [0.2, 0.25) is 5.91 Å². The van der Waals surface area contributed by atoms with Gasteiger partial charge in [0.15, 0.2) is 0 Å². The van der Waals surface area contributed by atoms with Gasteiger partial charge in [-0.1, -0.05) is 43.3 Å². The second kappa shape index (κ2) is 8.83. The first-order chi connectivity index (χ1) is 15.0. The monoisotopic (exact) mass is 415 g/mol. The number of halogens is 1. The zero-order chi connectivity index (χ0) is 21.8. The van der Waals surface area contributed by atoms with Crippen molar-refractivity contribution in [2.24, 2.45) is 0 Å². The van der Waals surface area contributed by atoms with Crippen LogP contribution in [0.2, 0.25) is 0 Å². The van der Waals surface area contributed by atoms with Gasteiger partial charge in [0.25, 0.3) is 5.91 Å². The SMILES string of the molecule is CCC(=O)Nc1ccc2c(c1)cc(C(=O)Nc1ccccc1)n2Cc1ccccc1F. The Bertz CT molecular complexity index is 1250. The fourth-order valence-corrected chi connectivity index (χ4v) is 3.47. The number of rotatable bonds is 6. The van der Waals surface area contributed by atoms with Crippen molar-refractivity contribution in [3.05, 3.63) is 95.9 Å². The standard InChI is InChI=1S/C25H22FN3O2/c1-2-24(30)27-20-12-13-22-18(14-20)15-23(25(31)28-19-9-4-3-5-10-19)29(22)16-17-8-6-7-11-21(17)26/h3-15H,2,16H2,1H3,(H,27,30)(H,28,31). The largest absolute Gasteiger partial charge is 0.332 e. The van der Waals surface area contributed by atoms with Crippen LogP contribution in [-0.4, -0.2) is 16.4 Å². The molecule has 5 nitrogen and oxygen atoms in total. The number of fused-ring (bicyclic) bond motifs is 1. The molecular formula is C25H22FN3O2. The van der Waals surface area contributed by atoms with E-state index in [4.69, 9.17) is 0 Å². The first kappa shape index (κ1) is 20.3. The van der Waals surface area contributed by atoms with Crippen LogP contribution in [0.15, 0.2) is 78.9 Å². The molecule has 0 unspecified atom stereocenters. The van der Waals surface area contributed by atoms with Crippen molar-refractivity contribution >= 4 is 34.1 Å². The molecule has 31 heavy (non-hydrogen) atoms. The molecule has 0 spiro atoms. The van der Waals surface area contributed by atoms with Crippen LogP contribution in [0.4, 0.5) is 15.8 Å². The lowest BCUT2D eigenvalue weighted by molar-refractivity contribution is -0.115. The number of anilines is 2. The highest BCUT2D eigenvalue weighted by molar-refractivity contribution is 6.07. The van der Waals surface area contributed by atoms with Crippen LogP contribution >= 0.6 is 0 Å². The van der Waals surface area contributed by atoms with Crippen molar-refractivity contribution in [2.45, 2.75) is 19.9 Å². The van der Waals surface area contributed by atoms with Gasteiger partial charge in [-0.25, -0.2) is 4.39 Å². The Morgan fingerprint density at radius 2 is 1.61 bits per heavy atom. The number of amides is 2. The van der Waals surface area contributed by atoms with Crippen molar-refractivity contribution in [1.82, 2.24) is 4.57 Å². The quantitative estimate of drug-likeness (QED) is 0.441. The van der Waals surface area contributed by atoms with Crippen LogP contribution in [0.1, 0.15) is 29.4 Å². The van der Waals surface area contributed by atoms with Crippen molar-refractivity contribution in [3.8, 4) is 0 Å². The van der Waals surface area contributed by atoms with Gasteiger partial charge < -0.3 is 15.2 Å². The summed E-state index contributed by atoms with van der Waals surface area (Å²) in [5, 5.41) is 6.51. The molecule has 2 amide bonds. The van der Waals surface area contributed by atoms with Crippen LogP contribution in [0.5, 0.6) is 0 Å². The van der Waals surface area contributed by atoms with Crippen LogP contribution in [0.3, 0.4) is 0 Å². The molecule has 4 rings (SSSR count). The first-order valence-electron chi connectivity index (χ1n) is 10.1. The third-order valence-electron chi connectivity index (χ3n) is 5.06. The van der Waals surface area contributed by atoms with E-state index in [1.165, 1.54) is 6.07 Å². The highest BCUT2D eigenvalue weighted by Crippen LogP contribution is 2.26. The number of hydrogen-bond donors (Lipinski definition) is 2. The lowest BCUT2D eigenvalue weighted by Gasteiger charge is -2.12. The summed E-state index contributed by atoms with van der Waals surface area (Å²) in [4.78, 5) is 24.9. The molecule has 0 bridgehead atoms. The summed E-state index contributed by atoms with van der Waals surface area (Å²) in [5.41, 5.74) is 2.98. The number of carbonyl (C=O) groups is 2. The summed E-state index contributed by atoms with van der Waals surface area (Å²) < 4.78 is 16.1. The minimum absolute atomic E-state index is 0.0906. The van der Waals surface area contributed by atoms with Crippen molar-refractivity contribution in [1.29, 1.82) is 0 Å². The summed E-state index contributed by atoms with van der Waals surface area (Å²) in [7, 11) is 0. The minimum Gasteiger partial charge on any atom is -0.332 e. The summed E-state index contributed by atoms with van der Waals surface area (Å²) in [6.07, 6.45) is 0.372. The molecule has 2 N–H and O–H groups in total. The Hall–Kier alpha value is -3.93. The summed E-state index contributed by atoms with van der Waals surface area (Å²) in [6.45, 7) is 1.99. The highest BCUT2D eigenvalue weighted by atomic mass is 19.1. The fourth-order valence-electron chi connectivity index (χ4n) is 3.47. The van der Waals surface area contributed by atoms with Gasteiger partial charge in [0, 0.05) is 34.3 Å². The first-order valence-corrected chi connectivity index (χ1v) is 10.1. The Kier molecular flexibility index (Phi) is 5.80. The Labute approximate surface area is 179 Å². The lowest BCUT2D eigenvalue weighted by atomic mass is 10.2. The van der Waals surface area contributed by atoms with Crippen LogP contribution in [0, 0.1) is 5.82 Å². The van der Waals surface area contributed by atoms with Gasteiger partial charge in [-0.2, -0.15) is 0 Å². The van der Waals surface area contributed by atoms with Crippen molar-refractivity contribution in [3.63, 3.8) is 0 Å². The predicted octanol–water partition coefficient (Wildman–Crippen LogP) is 5.43. The van der Waals surface area contributed by atoms with E-state index < -0.39 is 0 Å². The Morgan fingerprint density at radius 3 is 2.35 bits per heavy atom. The zero-order valence-electron chi connectivity index (χ0n) is 17.1. The number of nitrogens with zero attached hydrogens (tertiary/aromatic N) is 1. The number of benzene rings is 3. The predicted molar refractivity (Wildman–Crippen MR) is 121 cm³/mol. The average molecular weight is 415 g/mol. The molecule has 0 aliphatic carbocycles. The van der Waals surface area contributed by atoms with Gasteiger partial charge in [-0.15, -0.1) is 0 Å². The molecular weight excluding hydrogens is 393 g/mol. The maximum Gasteiger partial charge on any atom is 0.272 e. The molecule has 6 heteroatoms. The second-order valence-corrected chi connectivity index (χ2v) is 7.20. The lowest BCUT2D eigenvalue weighted by Crippen LogP contribution is -2.17. The van der Waals surface area contributed by atoms with Crippen molar-refractivity contribution in [2.75, 3.05) is 10.6 Å². The summed E-state index contributed by atoms with van der Waals surface area (Å²) >= 11 is 0. The van der Waals surface area contributed by atoms with E-state index in [9.17, 15) is 14.0 Å². The molecule has 1 aromatic heterocycles. The topological polar surface area (TPSA) is 63.1 Å². The van der Waals surface area contributed by atoms with Gasteiger partial charge in [0.05, 0.1) is 6.54 Å². The number of aromatic nitrogens is 1. The molecule has 1 heterocycles. The molecule has 4 aromatic rings. The van der Waals surface area contributed by atoms with Gasteiger partial charge in [-0.05, 0) is 42.5 Å². The second-order valence-electron chi connectivity index (χ2n) is 7.20. The van der Waals surface area contributed by atoms with E-state index in [0.717, 1.165) is 10.9 Å². The van der Waals surface area contributed by atoms with Crippen LogP contribution < -0.4 is 10.6 Å². The average Bonchev–Trinajstić information content (AvgIpc) is 3.13. The molecule has 0 radical (unpaired) electrons. The van der Waals surface area contributed by atoms with Crippen molar-refractivity contribution < 1.29 is 14.0 Å². The van der Waals surface area contributed by atoms with E-state index in [2.05, 4.69) is 10.6 Å². The Morgan fingerprint density at radius 1 is 0.871 bits per heavy atom. The molecule has 0 fully saturated rings. The maximum absolute atomic E-state index is 14.3. The van der Waals surface area contributed by atoms with Gasteiger partial charge in [-0.3, -0.25) is 9.59 Å².